The highest BCUT2D eigenvalue weighted by Crippen LogP contribution is 1.90. The number of carbonyl (C=O) groups excluding carboxylic acids is 2. The molecule has 0 aromatic carbocycles. The summed E-state index contributed by atoms with van der Waals surface area (Å²) in [5.74, 6) is -0.241. The summed E-state index contributed by atoms with van der Waals surface area (Å²) in [6, 6.07) is 0. The molecule has 0 radical (unpaired) electrons. The van der Waals surface area contributed by atoms with E-state index < -0.39 is 0 Å². The lowest BCUT2D eigenvalue weighted by molar-refractivity contribution is -0.113. The van der Waals surface area contributed by atoms with Crippen LogP contribution in [0, 0.1) is 0 Å². The van der Waals surface area contributed by atoms with Crippen LogP contribution in [0.5, 0.6) is 0 Å². The zero-order valence-corrected chi connectivity index (χ0v) is 5.13. The van der Waals surface area contributed by atoms with E-state index in [2.05, 4.69) is 0 Å². The van der Waals surface area contributed by atoms with Crippen molar-refractivity contribution in [2.75, 3.05) is 0 Å². The van der Waals surface area contributed by atoms with E-state index in [1.54, 1.807) is 0 Å². The van der Waals surface area contributed by atoms with Gasteiger partial charge in [0.05, 0.1) is 0 Å². The van der Waals surface area contributed by atoms with Crippen LogP contribution >= 0.6 is 0 Å². The lowest BCUT2D eigenvalue weighted by Crippen LogP contribution is -1.97. The number of hydrogen-bond acceptors (Lipinski definition) is 2. The topological polar surface area (TPSA) is 97.1 Å². The molecule has 0 aromatic heterocycles. The van der Waals surface area contributed by atoms with E-state index in [9.17, 15) is 9.59 Å². The van der Waals surface area contributed by atoms with Gasteiger partial charge in [0.1, 0.15) is 0 Å². The number of hydrogen-bond donors (Lipinski definition) is 0. The number of allylic oxidation sites excluding steroid dienone is 4. The Morgan fingerprint density at radius 1 is 0.700 bits per heavy atom. The van der Waals surface area contributed by atoms with Gasteiger partial charge in [0.25, 0.3) is 0 Å². The standard InChI is InChI=1S/C6H4O2.2H2O/c7-5-1-2-6(8)4-3-5;;/h1-4H;2*1H2. The van der Waals surface area contributed by atoms with Gasteiger partial charge >= 0.3 is 0 Å². The summed E-state index contributed by atoms with van der Waals surface area (Å²) in [5.41, 5.74) is 0. The van der Waals surface area contributed by atoms with Crippen LogP contribution in [-0.4, -0.2) is 22.5 Å². The molecule has 0 saturated carbocycles. The summed E-state index contributed by atoms with van der Waals surface area (Å²) in [7, 11) is 0. The SMILES string of the molecule is O.O.O=C1C=CC(=O)C=C1. The first-order valence-corrected chi connectivity index (χ1v) is 2.23. The third-order valence-electron chi connectivity index (χ3n) is 0.824. The fourth-order valence-corrected chi connectivity index (χ4v) is 0.440. The average Bonchev–Trinajstić information content (AvgIpc) is 1.77. The van der Waals surface area contributed by atoms with Gasteiger partial charge < -0.3 is 11.0 Å². The smallest absolute Gasteiger partial charge is 0.178 e. The molecule has 1 rings (SSSR count). The summed E-state index contributed by atoms with van der Waals surface area (Å²) < 4.78 is 0. The molecule has 0 fully saturated rings. The lowest BCUT2D eigenvalue weighted by atomic mass is 10.2. The number of carbonyl (C=O) groups is 2. The highest BCUT2D eigenvalue weighted by atomic mass is 16.1. The van der Waals surface area contributed by atoms with Gasteiger partial charge in [-0.25, -0.2) is 0 Å². The number of rotatable bonds is 0. The quantitative estimate of drug-likeness (QED) is 0.391. The molecule has 0 bridgehead atoms. The van der Waals surface area contributed by atoms with Crippen LogP contribution in [0.25, 0.3) is 0 Å². The highest BCUT2D eigenvalue weighted by molar-refractivity contribution is 6.14. The molecule has 1 aliphatic rings. The van der Waals surface area contributed by atoms with E-state index in [-0.39, 0.29) is 22.5 Å². The van der Waals surface area contributed by atoms with Crippen molar-refractivity contribution in [1.29, 1.82) is 0 Å². The molecule has 0 aromatic rings. The Morgan fingerprint density at radius 3 is 1.10 bits per heavy atom. The molecule has 0 unspecified atom stereocenters. The summed E-state index contributed by atoms with van der Waals surface area (Å²) in [6.45, 7) is 0. The maximum atomic E-state index is 10.3. The largest absolute Gasteiger partial charge is 0.412 e. The van der Waals surface area contributed by atoms with Crippen molar-refractivity contribution in [2.45, 2.75) is 0 Å². The normalized spacial score (nSPS) is 14.0. The highest BCUT2D eigenvalue weighted by Gasteiger charge is 1.97. The third kappa shape index (κ3) is 2.91. The minimum absolute atomic E-state index is 0. The Hall–Kier alpha value is -1.26. The minimum atomic E-state index is -0.121. The lowest BCUT2D eigenvalue weighted by Gasteiger charge is -1.87. The van der Waals surface area contributed by atoms with Crippen LogP contribution < -0.4 is 0 Å². The monoisotopic (exact) mass is 144 g/mol. The van der Waals surface area contributed by atoms with Crippen LogP contribution in [0.2, 0.25) is 0 Å². The molecule has 10 heavy (non-hydrogen) atoms. The molecule has 0 saturated heterocycles. The van der Waals surface area contributed by atoms with Crippen molar-refractivity contribution in [2.24, 2.45) is 0 Å². The summed E-state index contributed by atoms with van der Waals surface area (Å²) in [5, 5.41) is 0. The van der Waals surface area contributed by atoms with Gasteiger partial charge in [-0.1, -0.05) is 0 Å². The minimum Gasteiger partial charge on any atom is -0.412 e. The maximum absolute atomic E-state index is 10.3. The molecule has 0 atom stereocenters. The summed E-state index contributed by atoms with van der Waals surface area (Å²) >= 11 is 0. The van der Waals surface area contributed by atoms with Crippen molar-refractivity contribution >= 4 is 11.6 Å². The fraction of sp³-hybridized carbons (Fsp3) is 0. The second-order valence-electron chi connectivity index (χ2n) is 1.47. The van der Waals surface area contributed by atoms with Crippen LogP contribution in [0.1, 0.15) is 0 Å². The fourth-order valence-electron chi connectivity index (χ4n) is 0.440. The van der Waals surface area contributed by atoms with Gasteiger partial charge in [-0.2, -0.15) is 0 Å². The second kappa shape index (κ2) is 4.60. The van der Waals surface area contributed by atoms with Crippen LogP contribution in [0.15, 0.2) is 24.3 Å². The maximum Gasteiger partial charge on any atom is 0.178 e. The molecule has 0 heterocycles. The van der Waals surface area contributed by atoms with Crippen LogP contribution in [0.3, 0.4) is 0 Å². The Kier molecular flexibility index (Phi) is 5.31. The molecule has 4 nitrogen and oxygen atoms in total. The van der Waals surface area contributed by atoms with Gasteiger partial charge in [-0.15, -0.1) is 0 Å². The number of ketones is 2. The predicted octanol–water partition coefficient (Wildman–Crippen LogP) is -1.40. The van der Waals surface area contributed by atoms with Crippen molar-refractivity contribution in [3.8, 4) is 0 Å². The first-order chi connectivity index (χ1) is 3.79. The van der Waals surface area contributed by atoms with Crippen molar-refractivity contribution in [3.05, 3.63) is 24.3 Å². The Bertz CT molecular complexity index is 152. The Labute approximate surface area is 57.5 Å². The Morgan fingerprint density at radius 2 is 0.900 bits per heavy atom. The molecule has 4 N–H and O–H groups in total. The van der Waals surface area contributed by atoms with Gasteiger partial charge in [-0.3, -0.25) is 9.59 Å². The molecule has 0 aliphatic heterocycles. The molecule has 56 valence electrons. The molecule has 0 spiro atoms. The zero-order chi connectivity index (χ0) is 5.98. The molecule has 4 heteroatoms. The molecule has 1 aliphatic carbocycles. The Balaban J connectivity index is 0. The van der Waals surface area contributed by atoms with Gasteiger partial charge in [0.15, 0.2) is 11.6 Å². The van der Waals surface area contributed by atoms with E-state index >= 15 is 0 Å². The summed E-state index contributed by atoms with van der Waals surface area (Å²) in [4.78, 5) is 20.6. The zero-order valence-electron chi connectivity index (χ0n) is 5.13. The van der Waals surface area contributed by atoms with Crippen molar-refractivity contribution in [1.82, 2.24) is 0 Å². The van der Waals surface area contributed by atoms with Crippen molar-refractivity contribution < 1.29 is 20.5 Å². The van der Waals surface area contributed by atoms with E-state index in [1.807, 2.05) is 0 Å². The van der Waals surface area contributed by atoms with E-state index in [0.29, 0.717) is 0 Å². The van der Waals surface area contributed by atoms with Crippen LogP contribution in [0.4, 0.5) is 0 Å². The third-order valence-corrected chi connectivity index (χ3v) is 0.824. The molecular formula is C6H8O4. The van der Waals surface area contributed by atoms with E-state index in [1.165, 1.54) is 24.3 Å². The van der Waals surface area contributed by atoms with Gasteiger partial charge in [-0.05, 0) is 24.3 Å². The second-order valence-corrected chi connectivity index (χ2v) is 1.47. The van der Waals surface area contributed by atoms with Gasteiger partial charge in [0, 0.05) is 0 Å². The first kappa shape index (κ1) is 11.5. The van der Waals surface area contributed by atoms with E-state index in [4.69, 9.17) is 0 Å². The summed E-state index contributed by atoms with van der Waals surface area (Å²) in [6.07, 6.45) is 5.01. The molecular weight excluding hydrogens is 136 g/mol. The average molecular weight is 144 g/mol. The molecule has 0 amide bonds. The van der Waals surface area contributed by atoms with Crippen LogP contribution in [-0.2, 0) is 9.59 Å². The van der Waals surface area contributed by atoms with E-state index in [0.717, 1.165) is 0 Å². The van der Waals surface area contributed by atoms with Crippen molar-refractivity contribution in [3.63, 3.8) is 0 Å². The predicted molar refractivity (Wildman–Crippen MR) is 35.5 cm³/mol. The van der Waals surface area contributed by atoms with Gasteiger partial charge in [0.2, 0.25) is 0 Å². The first-order valence-electron chi connectivity index (χ1n) is 2.23.